The van der Waals surface area contributed by atoms with Gasteiger partial charge in [0.05, 0.1) is 18.0 Å². The molecule has 3 aromatic rings. The molecule has 3 fully saturated rings. The summed E-state index contributed by atoms with van der Waals surface area (Å²) in [5.41, 5.74) is 0.381. The average Bonchev–Trinajstić information content (AvgIpc) is 3.49. The van der Waals surface area contributed by atoms with Gasteiger partial charge in [-0.2, -0.15) is 0 Å². The van der Waals surface area contributed by atoms with Gasteiger partial charge < -0.3 is 19.9 Å². The van der Waals surface area contributed by atoms with Gasteiger partial charge in [-0.15, -0.1) is 11.3 Å². The lowest BCUT2D eigenvalue weighted by Gasteiger charge is -2.50. The van der Waals surface area contributed by atoms with Crippen molar-refractivity contribution in [2.75, 3.05) is 20.2 Å². The highest BCUT2D eigenvalue weighted by Crippen LogP contribution is 2.38. The molecule has 3 atom stereocenters. The van der Waals surface area contributed by atoms with Crippen molar-refractivity contribution in [1.29, 1.82) is 0 Å². The van der Waals surface area contributed by atoms with Gasteiger partial charge >= 0.3 is 0 Å². The van der Waals surface area contributed by atoms with Crippen molar-refractivity contribution < 1.29 is 19.1 Å². The van der Waals surface area contributed by atoms with Gasteiger partial charge in [0.25, 0.3) is 5.91 Å². The Balaban J connectivity index is 1.16. The van der Waals surface area contributed by atoms with E-state index in [0.29, 0.717) is 30.8 Å². The number of aromatic nitrogens is 1. The second-order valence-electron chi connectivity index (χ2n) is 10.2. The van der Waals surface area contributed by atoms with Crippen LogP contribution in [0.5, 0.6) is 0 Å². The Morgan fingerprint density at radius 1 is 1.11 bits per heavy atom. The van der Waals surface area contributed by atoms with Crippen molar-refractivity contribution in [1.82, 2.24) is 20.1 Å². The number of ether oxygens (including phenoxy) is 1. The fraction of sp³-hybridized carbons (Fsp3) is 0.429. The Morgan fingerprint density at radius 2 is 1.95 bits per heavy atom. The van der Waals surface area contributed by atoms with Gasteiger partial charge in [-0.05, 0) is 55.7 Å². The van der Waals surface area contributed by atoms with Gasteiger partial charge in [0.2, 0.25) is 11.8 Å². The first kappa shape index (κ1) is 24.1. The number of methoxy groups -OCH3 is 1. The Bertz CT molecular complexity index is 1300. The summed E-state index contributed by atoms with van der Waals surface area (Å²) in [6.07, 6.45) is 7.22. The first-order chi connectivity index (χ1) is 18.0. The number of nitrogens with zero attached hydrogens (tertiary/aromatic N) is 3. The van der Waals surface area contributed by atoms with Crippen molar-refractivity contribution in [3.63, 3.8) is 0 Å². The van der Waals surface area contributed by atoms with Crippen molar-refractivity contribution >= 4 is 39.1 Å². The van der Waals surface area contributed by atoms with Gasteiger partial charge in [0, 0.05) is 35.8 Å². The summed E-state index contributed by atoms with van der Waals surface area (Å²) in [5, 5.41) is 4.00. The molecule has 6 rings (SSSR count). The summed E-state index contributed by atoms with van der Waals surface area (Å²) >= 11 is 1.43. The van der Waals surface area contributed by atoms with Crippen molar-refractivity contribution in [2.24, 2.45) is 0 Å². The number of amides is 3. The smallest absolute Gasteiger partial charge is 0.262 e. The number of hydrogen-bond acceptors (Lipinski definition) is 6. The zero-order chi connectivity index (χ0) is 25.6. The third kappa shape index (κ3) is 4.20. The second-order valence-corrected chi connectivity index (χ2v) is 11.3. The topological polar surface area (TPSA) is 91.8 Å². The van der Waals surface area contributed by atoms with Crippen LogP contribution in [0.4, 0.5) is 0 Å². The lowest BCUT2D eigenvalue weighted by atomic mass is 9.86. The highest BCUT2D eigenvalue weighted by atomic mass is 32.1. The number of carbonyl (C=O) groups is 3. The number of thiophene rings is 1. The fourth-order valence-electron chi connectivity index (χ4n) is 6.06. The third-order valence-corrected chi connectivity index (χ3v) is 9.22. The molecular formula is C28H30N4O4S. The van der Waals surface area contributed by atoms with Crippen molar-refractivity contribution in [3.05, 3.63) is 65.3 Å². The monoisotopic (exact) mass is 518 g/mol. The maximum atomic E-state index is 13.7. The van der Waals surface area contributed by atoms with Crippen LogP contribution in [0.25, 0.3) is 10.1 Å². The van der Waals surface area contributed by atoms with E-state index in [1.807, 2.05) is 42.5 Å². The van der Waals surface area contributed by atoms with E-state index in [4.69, 9.17) is 4.74 Å². The van der Waals surface area contributed by atoms with Crippen LogP contribution >= 0.6 is 11.3 Å². The first-order valence-corrected chi connectivity index (χ1v) is 13.7. The molecule has 0 aliphatic carbocycles. The fourth-order valence-corrected chi connectivity index (χ4v) is 7.02. The molecule has 0 radical (unpaired) electrons. The van der Waals surface area contributed by atoms with E-state index >= 15 is 0 Å². The second kappa shape index (κ2) is 9.54. The standard InChI is InChI=1S/C28H30N4O4S/c1-36-28(19-7-5-13-29-15-19)16-31(17-28)27(35)22-12-11-20-8-4-9-21(26(34)32(20)22)30-25(33)24-14-18-6-2-3-10-23(18)37-24/h2-3,5-7,10,13-15,20-22H,4,8-9,11-12,16-17H2,1H3,(H,30,33)/t20-,21-,22-/m0/s1. The van der Waals surface area contributed by atoms with E-state index in [1.165, 1.54) is 11.3 Å². The van der Waals surface area contributed by atoms with Gasteiger partial charge in [0.1, 0.15) is 17.7 Å². The van der Waals surface area contributed by atoms with Crippen LogP contribution in [0.15, 0.2) is 54.9 Å². The molecule has 5 heterocycles. The number of likely N-dealkylation sites (tertiary alicyclic amines) is 1. The lowest BCUT2D eigenvalue weighted by Crippen LogP contribution is -2.65. The molecule has 0 bridgehead atoms. The van der Waals surface area contributed by atoms with E-state index in [2.05, 4.69) is 10.3 Å². The number of hydrogen-bond donors (Lipinski definition) is 1. The maximum Gasteiger partial charge on any atom is 0.262 e. The quantitative estimate of drug-likeness (QED) is 0.560. The van der Waals surface area contributed by atoms with E-state index in [0.717, 1.165) is 34.9 Å². The van der Waals surface area contributed by atoms with Gasteiger partial charge in [-0.25, -0.2) is 0 Å². The minimum Gasteiger partial charge on any atom is -0.370 e. The molecule has 9 heteroatoms. The Labute approximate surface area is 219 Å². The Morgan fingerprint density at radius 3 is 2.70 bits per heavy atom. The predicted octanol–water partition coefficient (Wildman–Crippen LogP) is 3.32. The molecule has 3 aliphatic heterocycles. The minimum absolute atomic E-state index is 0.0381. The average molecular weight is 519 g/mol. The molecule has 1 N–H and O–H groups in total. The summed E-state index contributed by atoms with van der Waals surface area (Å²) in [6, 6.07) is 12.5. The van der Waals surface area contributed by atoms with Crippen LogP contribution in [0.2, 0.25) is 0 Å². The SMILES string of the molecule is COC1(c2cccnc2)CN(C(=O)[C@@H]2CC[C@@H]3CCC[C@H](NC(=O)c4cc5ccccc5s4)C(=O)N32)C1. The highest BCUT2D eigenvalue weighted by molar-refractivity contribution is 7.20. The van der Waals surface area contributed by atoms with E-state index in [9.17, 15) is 14.4 Å². The summed E-state index contributed by atoms with van der Waals surface area (Å²) in [7, 11) is 1.66. The number of rotatable bonds is 5. The number of benzene rings is 1. The Hall–Kier alpha value is -3.30. The van der Waals surface area contributed by atoms with Crippen LogP contribution in [0, 0.1) is 0 Å². The largest absolute Gasteiger partial charge is 0.370 e. The van der Waals surface area contributed by atoms with Crippen molar-refractivity contribution in [2.45, 2.75) is 55.8 Å². The van der Waals surface area contributed by atoms with Crippen LogP contribution in [0.3, 0.4) is 0 Å². The first-order valence-electron chi connectivity index (χ1n) is 12.9. The molecule has 192 valence electrons. The summed E-state index contributed by atoms with van der Waals surface area (Å²) in [4.78, 5) is 48.8. The molecule has 0 saturated carbocycles. The predicted molar refractivity (Wildman–Crippen MR) is 140 cm³/mol. The van der Waals surface area contributed by atoms with Crippen LogP contribution in [-0.2, 0) is 19.9 Å². The Kier molecular flexibility index (Phi) is 6.20. The minimum atomic E-state index is -0.624. The summed E-state index contributed by atoms with van der Waals surface area (Å²) in [6.45, 7) is 0.868. The molecule has 0 spiro atoms. The van der Waals surface area contributed by atoms with E-state index < -0.39 is 17.7 Å². The van der Waals surface area contributed by atoms with Gasteiger partial charge in [0.15, 0.2) is 0 Å². The molecule has 3 amide bonds. The van der Waals surface area contributed by atoms with Gasteiger partial charge in [-0.3, -0.25) is 19.4 Å². The molecule has 1 aromatic carbocycles. The summed E-state index contributed by atoms with van der Waals surface area (Å²) in [5.74, 6) is -0.410. The summed E-state index contributed by atoms with van der Waals surface area (Å²) < 4.78 is 6.85. The third-order valence-electron chi connectivity index (χ3n) is 8.11. The molecule has 0 unspecified atom stereocenters. The van der Waals surface area contributed by atoms with Crippen LogP contribution in [-0.4, -0.2) is 70.8 Å². The molecule has 3 saturated heterocycles. The number of carbonyl (C=O) groups excluding carboxylic acids is 3. The lowest BCUT2D eigenvalue weighted by molar-refractivity contribution is -0.171. The molecule has 37 heavy (non-hydrogen) atoms. The normalized spacial score (nSPS) is 24.9. The van der Waals surface area contributed by atoms with E-state index in [1.54, 1.807) is 29.3 Å². The van der Waals surface area contributed by atoms with Crippen molar-refractivity contribution in [3.8, 4) is 0 Å². The highest BCUT2D eigenvalue weighted by Gasteiger charge is 2.52. The number of nitrogens with one attached hydrogen (secondary N) is 1. The molecule has 3 aliphatic rings. The number of pyridine rings is 1. The zero-order valence-corrected chi connectivity index (χ0v) is 21.6. The van der Waals surface area contributed by atoms with Gasteiger partial charge in [-0.1, -0.05) is 24.3 Å². The van der Waals surface area contributed by atoms with Crippen LogP contribution < -0.4 is 5.32 Å². The number of fused-ring (bicyclic) bond motifs is 2. The zero-order valence-electron chi connectivity index (χ0n) is 20.8. The molecular weight excluding hydrogens is 488 g/mol. The van der Waals surface area contributed by atoms with E-state index in [-0.39, 0.29) is 23.8 Å². The van der Waals surface area contributed by atoms with Crippen LogP contribution in [0.1, 0.15) is 47.3 Å². The molecule has 2 aromatic heterocycles. The maximum absolute atomic E-state index is 13.7. The molecule has 8 nitrogen and oxygen atoms in total.